The second kappa shape index (κ2) is 47.5. The number of nitrogens with zero attached hydrogens (tertiary/aromatic N) is 2. The van der Waals surface area contributed by atoms with Gasteiger partial charge in [0.1, 0.15) is 0 Å². The Labute approximate surface area is 332 Å². The van der Waals surface area contributed by atoms with Crippen molar-refractivity contribution in [3.05, 3.63) is 0 Å². The first-order valence-electron chi connectivity index (χ1n) is 22.1. The van der Waals surface area contributed by atoms with Gasteiger partial charge in [-0.25, -0.2) is 0 Å². The molecular formula is C44H90N2O4Zn+2. The van der Waals surface area contributed by atoms with Gasteiger partial charge >= 0.3 is 31.4 Å². The van der Waals surface area contributed by atoms with Crippen LogP contribution >= 0.6 is 0 Å². The Hall–Kier alpha value is -0.517. The van der Waals surface area contributed by atoms with Crippen molar-refractivity contribution in [2.45, 2.75) is 232 Å². The van der Waals surface area contributed by atoms with Crippen molar-refractivity contribution in [2.75, 3.05) is 40.3 Å². The van der Waals surface area contributed by atoms with Gasteiger partial charge in [-0.05, 0) is 40.0 Å². The quantitative estimate of drug-likeness (QED) is 0.0476. The third-order valence-corrected chi connectivity index (χ3v) is 10.2. The Morgan fingerprint density at radius 1 is 0.333 bits per heavy atom. The van der Waals surface area contributed by atoms with E-state index in [2.05, 4.69) is 23.6 Å². The SMILES string of the molecule is CCCCCCCCCCCCCCCCCCN(C)CCC(=O)O.CCCCCCCCCCCCCCCCCCN(C)CCC(=O)O.[Zn+2]. The van der Waals surface area contributed by atoms with Gasteiger partial charge in [-0.3, -0.25) is 9.59 Å². The monoisotopic (exact) mass is 775 g/mol. The van der Waals surface area contributed by atoms with Gasteiger partial charge in [-0.15, -0.1) is 0 Å². The van der Waals surface area contributed by atoms with E-state index < -0.39 is 11.9 Å². The number of carbonyl (C=O) groups is 2. The van der Waals surface area contributed by atoms with Crippen LogP contribution in [0.2, 0.25) is 0 Å². The molecule has 0 rings (SSSR count). The van der Waals surface area contributed by atoms with Crippen LogP contribution in [-0.4, -0.2) is 72.2 Å². The van der Waals surface area contributed by atoms with Gasteiger partial charge in [0, 0.05) is 13.1 Å². The molecule has 0 aromatic heterocycles. The summed E-state index contributed by atoms with van der Waals surface area (Å²) in [5, 5.41) is 17.3. The minimum absolute atomic E-state index is 0. The van der Waals surface area contributed by atoms with Crippen molar-refractivity contribution in [1.29, 1.82) is 0 Å². The molecule has 0 aliphatic carbocycles. The fourth-order valence-electron chi connectivity index (χ4n) is 6.66. The average Bonchev–Trinajstić information content (AvgIpc) is 3.09. The number of rotatable bonds is 40. The maximum atomic E-state index is 10.5. The van der Waals surface area contributed by atoms with Gasteiger partial charge in [-0.1, -0.05) is 206 Å². The summed E-state index contributed by atoms with van der Waals surface area (Å²) in [5.74, 6) is -1.39. The molecule has 0 aromatic carbocycles. The second-order valence-corrected chi connectivity index (χ2v) is 15.5. The van der Waals surface area contributed by atoms with E-state index >= 15 is 0 Å². The molecule has 0 heterocycles. The van der Waals surface area contributed by atoms with E-state index in [4.69, 9.17) is 10.2 Å². The van der Waals surface area contributed by atoms with Crippen LogP contribution in [0, 0.1) is 0 Å². The molecule has 300 valence electrons. The first kappa shape index (κ1) is 54.8. The Morgan fingerprint density at radius 2 is 0.510 bits per heavy atom. The molecule has 0 aliphatic heterocycles. The molecule has 0 atom stereocenters. The van der Waals surface area contributed by atoms with Crippen molar-refractivity contribution in [2.24, 2.45) is 0 Å². The zero-order valence-corrected chi connectivity index (χ0v) is 38.1. The first-order chi connectivity index (χ1) is 24.3. The van der Waals surface area contributed by atoms with Crippen LogP contribution in [0.15, 0.2) is 0 Å². The minimum atomic E-state index is -0.696. The van der Waals surface area contributed by atoms with E-state index in [-0.39, 0.29) is 32.3 Å². The summed E-state index contributed by atoms with van der Waals surface area (Å²) >= 11 is 0. The van der Waals surface area contributed by atoms with Crippen molar-refractivity contribution in [3.63, 3.8) is 0 Å². The molecule has 7 heteroatoms. The predicted octanol–water partition coefficient (Wildman–Crippen LogP) is 13.3. The topological polar surface area (TPSA) is 81.1 Å². The summed E-state index contributed by atoms with van der Waals surface area (Å²) < 4.78 is 0. The fourth-order valence-corrected chi connectivity index (χ4v) is 6.66. The molecule has 2 N–H and O–H groups in total. The van der Waals surface area contributed by atoms with Gasteiger partial charge in [0.2, 0.25) is 0 Å². The largest absolute Gasteiger partial charge is 2.00 e. The van der Waals surface area contributed by atoms with Crippen LogP contribution in [-0.2, 0) is 29.1 Å². The third-order valence-electron chi connectivity index (χ3n) is 10.2. The van der Waals surface area contributed by atoms with Crippen LogP contribution in [0.4, 0.5) is 0 Å². The Balaban J connectivity index is -0.000000886. The smallest absolute Gasteiger partial charge is 0.481 e. The van der Waals surface area contributed by atoms with E-state index in [1.54, 1.807) is 0 Å². The molecule has 0 unspecified atom stereocenters. The number of carboxylic acids is 2. The summed E-state index contributed by atoms with van der Waals surface area (Å²) in [6.45, 7) is 7.98. The van der Waals surface area contributed by atoms with Gasteiger partial charge in [0.15, 0.2) is 0 Å². The van der Waals surface area contributed by atoms with Gasteiger partial charge in [0.05, 0.1) is 12.8 Å². The van der Waals surface area contributed by atoms with Crippen molar-refractivity contribution in [3.8, 4) is 0 Å². The number of hydrogen-bond donors (Lipinski definition) is 2. The molecule has 0 bridgehead atoms. The summed E-state index contributed by atoms with van der Waals surface area (Å²) in [7, 11) is 4.04. The summed E-state index contributed by atoms with van der Waals surface area (Å²) in [5.41, 5.74) is 0. The van der Waals surface area contributed by atoms with Crippen LogP contribution in [0.25, 0.3) is 0 Å². The van der Waals surface area contributed by atoms with Crippen molar-refractivity contribution in [1.82, 2.24) is 9.80 Å². The normalized spacial score (nSPS) is 11.1. The molecule has 51 heavy (non-hydrogen) atoms. The van der Waals surface area contributed by atoms with Crippen LogP contribution in [0.1, 0.15) is 232 Å². The van der Waals surface area contributed by atoms with Gasteiger partial charge < -0.3 is 20.0 Å². The number of hydrogen-bond acceptors (Lipinski definition) is 4. The first-order valence-corrected chi connectivity index (χ1v) is 22.1. The summed E-state index contributed by atoms with van der Waals surface area (Å²) in [6.07, 6.45) is 45.1. The van der Waals surface area contributed by atoms with Crippen LogP contribution in [0.5, 0.6) is 0 Å². The standard InChI is InChI=1S/2C22H45NO2.Zn/c2*1-3-4-5-6-7-8-9-10-11-12-13-14-15-16-17-18-20-23(2)21-19-22(24)25;/h2*3-21H2,1-2H3,(H,24,25);/q;;+2. The maximum absolute atomic E-state index is 10.5. The Bertz CT molecular complexity index is 626. The maximum Gasteiger partial charge on any atom is 2.00 e. The molecule has 0 radical (unpaired) electrons. The fraction of sp³-hybridized carbons (Fsp3) is 0.955. The molecule has 0 spiro atoms. The number of unbranched alkanes of at least 4 members (excludes halogenated alkanes) is 30. The van der Waals surface area contributed by atoms with Crippen molar-refractivity contribution >= 4 is 11.9 Å². The molecule has 0 saturated heterocycles. The van der Waals surface area contributed by atoms with Crippen molar-refractivity contribution < 1.29 is 39.3 Å². The molecule has 0 amide bonds. The van der Waals surface area contributed by atoms with E-state index in [1.807, 2.05) is 14.1 Å². The predicted molar refractivity (Wildman–Crippen MR) is 219 cm³/mol. The molecule has 0 aromatic rings. The van der Waals surface area contributed by atoms with E-state index in [0.29, 0.717) is 13.1 Å². The van der Waals surface area contributed by atoms with E-state index in [0.717, 1.165) is 13.1 Å². The zero-order chi connectivity index (χ0) is 37.2. The van der Waals surface area contributed by atoms with E-state index in [1.165, 1.54) is 205 Å². The van der Waals surface area contributed by atoms with Gasteiger partial charge in [0.25, 0.3) is 0 Å². The minimum Gasteiger partial charge on any atom is -0.481 e. The second-order valence-electron chi connectivity index (χ2n) is 15.5. The number of aliphatic carboxylic acids is 2. The summed E-state index contributed by atoms with van der Waals surface area (Å²) in [4.78, 5) is 25.3. The van der Waals surface area contributed by atoms with Crippen LogP contribution in [0.3, 0.4) is 0 Å². The third kappa shape index (κ3) is 53.9. The Morgan fingerprint density at radius 3 is 0.686 bits per heavy atom. The number of carboxylic acid groups (broad SMARTS) is 2. The average molecular weight is 777 g/mol. The molecular weight excluding hydrogens is 686 g/mol. The molecule has 6 nitrogen and oxygen atoms in total. The molecule has 0 fully saturated rings. The molecule has 0 saturated carbocycles. The van der Waals surface area contributed by atoms with Crippen LogP contribution < -0.4 is 0 Å². The van der Waals surface area contributed by atoms with E-state index in [9.17, 15) is 9.59 Å². The summed E-state index contributed by atoms with van der Waals surface area (Å²) in [6, 6.07) is 0. The Kier molecular flexibility index (Phi) is 51.1. The zero-order valence-electron chi connectivity index (χ0n) is 35.2. The van der Waals surface area contributed by atoms with Gasteiger partial charge in [-0.2, -0.15) is 0 Å². The molecule has 0 aliphatic rings.